The van der Waals surface area contributed by atoms with Crippen LogP contribution in [0.15, 0.2) is 92.5 Å². The van der Waals surface area contributed by atoms with Crippen molar-refractivity contribution in [2.24, 2.45) is 28.5 Å². The third-order valence-electron chi connectivity index (χ3n) is 17.3. The maximum Gasteiger partial charge on any atom is 0.223 e. The lowest BCUT2D eigenvalue weighted by molar-refractivity contribution is -0.120. The molecule has 8 atom stereocenters. The predicted octanol–water partition coefficient (Wildman–Crippen LogP) is 13.4. The van der Waals surface area contributed by atoms with Crippen LogP contribution in [0.5, 0.6) is 0 Å². The molecule has 1 amide bonds. The molecule has 2 unspecified atom stereocenters. The number of aliphatic imine (C=N–C) groups is 1. The molecule has 23 nitrogen and oxygen atoms in total. The minimum atomic E-state index is -3.59. The average Bonchev–Trinajstić information content (AvgIpc) is 1.64. The lowest BCUT2D eigenvalue weighted by atomic mass is 10.1. The number of pyridine rings is 3. The fraction of sp³-hybridized carbons (Fsp3) is 0.418. The Morgan fingerprint density at radius 2 is 0.920 bits per heavy atom. The molecule has 33 heteroatoms. The molecular formula is C67H71Cl4F3N12O11S3. The highest BCUT2D eigenvalue weighted by atomic mass is 35.5. The van der Waals surface area contributed by atoms with Crippen LogP contribution in [-0.4, -0.2) is 133 Å². The third kappa shape index (κ3) is 17.6. The first-order valence-corrected chi connectivity index (χ1v) is 39.2. The minimum Gasteiger partial charge on any atom is -0.369 e. The van der Waals surface area contributed by atoms with Crippen LogP contribution in [0.3, 0.4) is 0 Å². The minimum absolute atomic E-state index is 0.0228. The molecular weight excluding hydrogens is 1440 g/mol. The van der Waals surface area contributed by atoms with Crippen molar-refractivity contribution in [3.05, 3.63) is 122 Å². The Kier molecular flexibility index (Phi) is 22.1. The summed E-state index contributed by atoms with van der Waals surface area (Å²) >= 11 is 24.3. The van der Waals surface area contributed by atoms with Gasteiger partial charge in [-0.3, -0.25) is 33.5 Å². The molecule has 100 heavy (non-hydrogen) atoms. The zero-order valence-electron chi connectivity index (χ0n) is 55.0. The number of anilines is 6. The fourth-order valence-electron chi connectivity index (χ4n) is 12.0. The molecule has 532 valence electrons. The number of aryl methyl sites for hydroxylation is 2. The van der Waals surface area contributed by atoms with Gasteiger partial charge < -0.3 is 31.2 Å². The van der Waals surface area contributed by atoms with Crippen LogP contribution < -0.4 is 21.7 Å². The number of primary amides is 1. The van der Waals surface area contributed by atoms with E-state index in [0.29, 0.717) is 126 Å². The molecule has 5 N–H and O–H groups in total. The summed E-state index contributed by atoms with van der Waals surface area (Å²) in [4.78, 5) is 62.5. The van der Waals surface area contributed by atoms with Crippen LogP contribution in [0.1, 0.15) is 106 Å². The number of ketones is 2. The Labute approximate surface area is 595 Å². The lowest BCUT2D eigenvalue weighted by Crippen LogP contribution is -2.19. The van der Waals surface area contributed by atoms with Crippen LogP contribution in [-0.2, 0) is 72.6 Å². The van der Waals surface area contributed by atoms with E-state index in [1.54, 1.807) is 54.6 Å². The quantitative estimate of drug-likeness (QED) is 0.0580. The van der Waals surface area contributed by atoms with Crippen molar-refractivity contribution >= 4 is 161 Å². The van der Waals surface area contributed by atoms with Crippen LogP contribution in [0.4, 0.5) is 53.0 Å². The second-order valence-corrected chi connectivity index (χ2v) is 33.2. The maximum atomic E-state index is 13.5. The normalized spacial score (nSPS) is 21.4. The van der Waals surface area contributed by atoms with E-state index in [9.17, 15) is 52.8 Å². The SMILES string of the molecule is CC1=Nc2c(Nc3ccc(Cl)cc3S(C)(=O)=O)cc(CC(=O)[C@H]3C[C@H]3F)nc2C1.Cc1nc2c(Nc3ccc(Cl)cc3S(C)(=O)=O)cc(CC(=O)[C@H]3C[C@H]3F)nc2n1C1CCCCO1.Cc1nc2c(Nc3ccc(Cl)cc3S(C)(=O)=O)cc(Cl)nc2n1C1CCCCO1.NC(=O)[C@H]1C[C@H]1F. The van der Waals surface area contributed by atoms with Gasteiger partial charge in [-0.25, -0.2) is 58.4 Å². The number of rotatable bonds is 18. The Hall–Kier alpha value is -7.35. The van der Waals surface area contributed by atoms with Gasteiger partial charge in [0.1, 0.15) is 76.1 Å². The summed E-state index contributed by atoms with van der Waals surface area (Å²) < 4.78 is 128. The number of aromatic nitrogens is 7. The highest BCUT2D eigenvalue weighted by Crippen LogP contribution is 2.43. The van der Waals surface area contributed by atoms with Crippen molar-refractivity contribution in [1.82, 2.24) is 34.1 Å². The smallest absolute Gasteiger partial charge is 0.223 e. The van der Waals surface area contributed by atoms with E-state index in [2.05, 4.69) is 35.9 Å². The largest absolute Gasteiger partial charge is 0.369 e. The van der Waals surface area contributed by atoms with Crippen molar-refractivity contribution in [1.29, 1.82) is 0 Å². The van der Waals surface area contributed by atoms with Gasteiger partial charge in [-0.2, -0.15) is 0 Å². The van der Waals surface area contributed by atoms with E-state index in [-0.39, 0.29) is 69.5 Å². The van der Waals surface area contributed by atoms with E-state index in [4.69, 9.17) is 71.6 Å². The van der Waals surface area contributed by atoms with Crippen molar-refractivity contribution in [3.8, 4) is 0 Å². The number of sulfone groups is 3. The van der Waals surface area contributed by atoms with Crippen LogP contribution in [0.25, 0.3) is 22.3 Å². The number of alkyl halides is 3. The highest BCUT2D eigenvalue weighted by Gasteiger charge is 2.45. The molecule has 5 fully saturated rings. The van der Waals surface area contributed by atoms with E-state index < -0.39 is 71.7 Å². The van der Waals surface area contributed by atoms with Crippen LogP contribution >= 0.6 is 46.4 Å². The van der Waals surface area contributed by atoms with Crippen molar-refractivity contribution in [3.63, 3.8) is 0 Å². The molecule has 0 spiro atoms. The van der Waals surface area contributed by atoms with Gasteiger partial charge in [-0.05, 0) is 145 Å². The summed E-state index contributed by atoms with van der Waals surface area (Å²) in [5.41, 5.74) is 12.8. The molecule has 2 saturated heterocycles. The maximum absolute atomic E-state index is 13.5. The number of nitrogens with two attached hydrogens (primary N) is 1. The van der Waals surface area contributed by atoms with E-state index in [0.717, 1.165) is 68.8 Å². The van der Waals surface area contributed by atoms with Gasteiger partial charge in [0.15, 0.2) is 40.8 Å². The third-order valence-corrected chi connectivity index (χ3v) is 21.6. The second kappa shape index (κ2) is 29.9. The lowest BCUT2D eigenvalue weighted by Gasteiger charge is -2.25. The number of amides is 1. The Morgan fingerprint density at radius 3 is 1.30 bits per heavy atom. The number of imidazole rings is 2. The molecule has 14 rings (SSSR count). The molecule has 8 aromatic rings. The first-order chi connectivity index (χ1) is 47.2. The number of Topliss-reactive ketones (excluding diaryl/α,β-unsaturated/α-hetero) is 2. The number of hydrogen-bond acceptors (Lipinski definition) is 20. The molecule has 3 saturated carbocycles. The number of carbonyl (C=O) groups excluding carboxylic acids is 3. The standard InChI is InChI=1S/C24H26ClFN4O4S.C20H19ClFN3O3S.C19H20Cl2N4O3S.C4H6FNO/c1-13-27-23-19(29-18-7-6-14(25)9-21(18)35(2,32)33)10-15(11-20(31)16-12-17(16)26)28-24(23)30(13)22-5-3-4-8-34-22;1-10-5-16-20(23-10)17(7-12(24-16)8-18(26)13-9-14(13)22)25-15-4-3-11(21)6-19(15)29(2,27)28;1-11-22-18-14(23-13-7-6-12(20)9-15(13)29(2,26)27)10-16(21)24-19(18)25(11)17-5-3-4-8-28-17;5-3-1-2(3)4(6)7/h6-7,9-10,16-17,22H,3-5,8,11-12H2,1-2H3,(H,28,29);3-4,6-7,13-14H,5,8-9H2,1-2H3,(H,24,25);6-7,9-10,17H,3-5,8H2,1-2H3,(H,23,24);2-3H,1H2,(H2,6,7)/t16-,17+,22?;13-,14+;;2-,3+/m00.0/s1. The first kappa shape index (κ1) is 73.9. The number of ether oxygens (including phenoxy) is 2. The van der Waals surface area contributed by atoms with Gasteiger partial charge in [0.05, 0.1) is 83.6 Å². The van der Waals surface area contributed by atoms with Gasteiger partial charge in [-0.1, -0.05) is 46.4 Å². The number of nitrogens with zero attached hydrogens (tertiary/aromatic N) is 8. The Morgan fingerprint density at radius 1 is 0.530 bits per heavy atom. The van der Waals surface area contributed by atoms with Gasteiger partial charge in [-0.15, -0.1) is 0 Å². The van der Waals surface area contributed by atoms with Gasteiger partial charge in [0.25, 0.3) is 0 Å². The topological polar surface area (TPSA) is 321 Å². The van der Waals surface area contributed by atoms with E-state index in [1.165, 1.54) is 18.2 Å². The zero-order valence-corrected chi connectivity index (χ0v) is 60.4. The summed E-state index contributed by atoms with van der Waals surface area (Å²) in [6, 6.07) is 18.8. The monoisotopic (exact) mass is 1510 g/mol. The molecule has 8 heterocycles. The molecule has 3 aromatic carbocycles. The predicted molar refractivity (Wildman–Crippen MR) is 377 cm³/mol. The Bertz CT molecular complexity index is 4960. The summed E-state index contributed by atoms with van der Waals surface area (Å²) in [6.07, 6.45) is 7.11. The zero-order chi connectivity index (χ0) is 72.0. The van der Waals surface area contributed by atoms with Gasteiger partial charge >= 0.3 is 0 Å². The average molecular weight is 1520 g/mol. The number of fused-ring (bicyclic) bond motifs is 3. The fourth-order valence-corrected chi connectivity index (χ4v) is 15.5. The van der Waals surface area contributed by atoms with Crippen molar-refractivity contribution in [2.75, 3.05) is 47.9 Å². The van der Waals surface area contributed by atoms with Gasteiger partial charge in [0, 0.05) is 78.1 Å². The molecule has 3 aliphatic heterocycles. The van der Waals surface area contributed by atoms with E-state index >= 15 is 0 Å². The number of benzene rings is 3. The summed E-state index contributed by atoms with van der Waals surface area (Å²) in [7, 11) is -10.6. The van der Waals surface area contributed by atoms with E-state index in [1.807, 2.05) is 29.9 Å². The summed E-state index contributed by atoms with van der Waals surface area (Å²) in [6.45, 7) is 6.95. The van der Waals surface area contributed by atoms with Crippen LogP contribution in [0, 0.1) is 31.6 Å². The molecule has 5 aromatic heterocycles. The number of hydrogen-bond donors (Lipinski definition) is 4. The van der Waals surface area contributed by atoms with Crippen molar-refractivity contribution < 1.29 is 62.3 Å². The van der Waals surface area contributed by atoms with Gasteiger partial charge in [0.2, 0.25) is 5.91 Å². The first-order valence-electron chi connectivity index (χ1n) is 32.0. The number of nitrogens with one attached hydrogen (secondary N) is 3. The van der Waals surface area contributed by atoms with Crippen molar-refractivity contribution in [2.45, 2.75) is 143 Å². The Balaban J connectivity index is 0.000000145. The molecule has 3 aliphatic carbocycles. The number of halogens is 7. The highest BCUT2D eigenvalue weighted by molar-refractivity contribution is 7.91. The molecule has 6 aliphatic rings. The molecule has 0 radical (unpaired) electrons. The van der Waals surface area contributed by atoms with Crippen LogP contribution in [0.2, 0.25) is 20.2 Å². The second-order valence-electron chi connectivity index (χ2n) is 25.6. The summed E-state index contributed by atoms with van der Waals surface area (Å²) in [5, 5.41) is 10.7. The molecule has 0 bridgehead atoms. The summed E-state index contributed by atoms with van der Waals surface area (Å²) in [5.74, 6) is -1.00. The number of carbonyl (C=O) groups is 3.